The van der Waals surface area contributed by atoms with Crippen molar-refractivity contribution in [1.82, 2.24) is 5.32 Å². The first kappa shape index (κ1) is 21.6. The first-order valence-corrected chi connectivity index (χ1v) is 10.9. The summed E-state index contributed by atoms with van der Waals surface area (Å²) in [7, 11) is 1.46. The molecule has 0 spiro atoms. The molecule has 0 unspecified atom stereocenters. The summed E-state index contributed by atoms with van der Waals surface area (Å²) >= 11 is 0. The molecule has 0 saturated heterocycles. The standard InChI is InChI=1S/C27H29N3O2/c1-17(2)20-8-9-21-13-22-10-11-23(14-25(22)15-24(21)12-20)27(31)29-16-18-4-6-19(7-5-18)26(28)30-32-3/h4-12,14,17H,13,15-16H2,1-3H3,(H2,28,30)(H,29,31). The Morgan fingerprint density at radius 2 is 1.56 bits per heavy atom. The monoisotopic (exact) mass is 427 g/mol. The lowest BCUT2D eigenvalue weighted by Crippen LogP contribution is -2.23. The Hall–Kier alpha value is -3.60. The quantitative estimate of drug-likeness (QED) is 0.270. The summed E-state index contributed by atoms with van der Waals surface area (Å²) in [6, 6.07) is 20.4. The van der Waals surface area contributed by atoms with Crippen molar-refractivity contribution >= 4 is 11.7 Å². The number of benzene rings is 3. The Balaban J connectivity index is 1.43. The maximum Gasteiger partial charge on any atom is 0.251 e. The van der Waals surface area contributed by atoms with Crippen LogP contribution in [0, 0.1) is 0 Å². The predicted molar refractivity (Wildman–Crippen MR) is 128 cm³/mol. The largest absolute Gasteiger partial charge is 0.397 e. The van der Waals surface area contributed by atoms with Gasteiger partial charge in [-0.15, -0.1) is 0 Å². The molecule has 32 heavy (non-hydrogen) atoms. The van der Waals surface area contributed by atoms with Crippen molar-refractivity contribution in [1.29, 1.82) is 0 Å². The number of nitrogens with zero attached hydrogens (tertiary/aromatic N) is 1. The summed E-state index contributed by atoms with van der Waals surface area (Å²) in [5.41, 5.74) is 14.9. The zero-order chi connectivity index (χ0) is 22.7. The molecule has 3 aromatic carbocycles. The van der Waals surface area contributed by atoms with Gasteiger partial charge in [0.15, 0.2) is 5.84 Å². The number of oxime groups is 1. The van der Waals surface area contributed by atoms with E-state index in [1.54, 1.807) is 0 Å². The van der Waals surface area contributed by atoms with Crippen molar-refractivity contribution < 1.29 is 9.63 Å². The van der Waals surface area contributed by atoms with E-state index >= 15 is 0 Å². The molecule has 0 bridgehead atoms. The average Bonchev–Trinajstić information content (AvgIpc) is 2.80. The van der Waals surface area contributed by atoms with Crippen LogP contribution in [0.1, 0.15) is 69.1 Å². The van der Waals surface area contributed by atoms with Crippen LogP contribution in [-0.2, 0) is 24.2 Å². The lowest BCUT2D eigenvalue weighted by molar-refractivity contribution is 0.0951. The molecule has 164 valence electrons. The van der Waals surface area contributed by atoms with Crippen molar-refractivity contribution in [2.24, 2.45) is 10.9 Å². The number of amidine groups is 1. The third kappa shape index (κ3) is 4.67. The van der Waals surface area contributed by atoms with Gasteiger partial charge in [-0.05, 0) is 64.3 Å². The number of fused-ring (bicyclic) bond motifs is 2. The number of hydrogen-bond donors (Lipinski definition) is 2. The topological polar surface area (TPSA) is 76.7 Å². The smallest absolute Gasteiger partial charge is 0.251 e. The Morgan fingerprint density at radius 1 is 0.938 bits per heavy atom. The summed E-state index contributed by atoms with van der Waals surface area (Å²) < 4.78 is 0. The molecule has 3 aromatic rings. The summed E-state index contributed by atoms with van der Waals surface area (Å²) in [5.74, 6) is 0.759. The third-order valence-corrected chi connectivity index (χ3v) is 6.02. The molecular formula is C27H29N3O2. The van der Waals surface area contributed by atoms with E-state index in [1.165, 1.54) is 34.9 Å². The summed E-state index contributed by atoms with van der Waals surface area (Å²) in [6.07, 6.45) is 1.80. The van der Waals surface area contributed by atoms with Crippen molar-refractivity contribution in [3.8, 4) is 0 Å². The normalized spacial score (nSPS) is 12.8. The first-order valence-electron chi connectivity index (χ1n) is 10.9. The first-order chi connectivity index (χ1) is 15.4. The summed E-state index contributed by atoms with van der Waals surface area (Å²) in [5, 5.41) is 6.74. The van der Waals surface area contributed by atoms with E-state index in [9.17, 15) is 4.79 Å². The number of carbonyl (C=O) groups excluding carboxylic acids is 1. The fourth-order valence-corrected chi connectivity index (χ4v) is 4.09. The zero-order valence-corrected chi connectivity index (χ0v) is 18.8. The zero-order valence-electron chi connectivity index (χ0n) is 18.8. The fraction of sp³-hybridized carbons (Fsp3) is 0.259. The lowest BCUT2D eigenvalue weighted by Gasteiger charge is -2.22. The molecule has 0 aliphatic heterocycles. The van der Waals surface area contributed by atoms with E-state index in [0.717, 1.165) is 24.0 Å². The molecule has 4 rings (SSSR count). The van der Waals surface area contributed by atoms with Crippen LogP contribution in [0.15, 0.2) is 65.8 Å². The molecule has 1 aliphatic rings. The number of nitrogens with two attached hydrogens (primary N) is 1. The van der Waals surface area contributed by atoms with Crippen molar-refractivity contribution in [3.63, 3.8) is 0 Å². The van der Waals surface area contributed by atoms with Gasteiger partial charge in [-0.3, -0.25) is 4.79 Å². The lowest BCUT2D eigenvalue weighted by atomic mass is 9.83. The Morgan fingerprint density at radius 3 is 2.25 bits per heavy atom. The molecule has 3 N–H and O–H groups in total. The highest BCUT2D eigenvalue weighted by atomic mass is 16.6. The van der Waals surface area contributed by atoms with Crippen LogP contribution in [0.5, 0.6) is 0 Å². The summed E-state index contributed by atoms with van der Waals surface area (Å²) in [4.78, 5) is 17.5. The van der Waals surface area contributed by atoms with Crippen LogP contribution in [-0.4, -0.2) is 18.9 Å². The van der Waals surface area contributed by atoms with Gasteiger partial charge in [0.25, 0.3) is 5.91 Å². The second-order valence-corrected chi connectivity index (χ2v) is 8.56. The second kappa shape index (κ2) is 9.27. The molecule has 0 atom stereocenters. The van der Waals surface area contributed by atoms with Crippen LogP contribution < -0.4 is 11.1 Å². The Bertz CT molecular complexity index is 1160. The minimum atomic E-state index is -0.0703. The number of nitrogens with one attached hydrogen (secondary N) is 1. The molecule has 5 heteroatoms. The number of carbonyl (C=O) groups is 1. The van der Waals surface area contributed by atoms with Crippen LogP contribution >= 0.6 is 0 Å². The van der Waals surface area contributed by atoms with E-state index in [2.05, 4.69) is 48.6 Å². The van der Waals surface area contributed by atoms with E-state index < -0.39 is 0 Å². The van der Waals surface area contributed by atoms with E-state index in [0.29, 0.717) is 23.9 Å². The number of rotatable bonds is 6. The van der Waals surface area contributed by atoms with Gasteiger partial charge in [0.05, 0.1) is 0 Å². The fourth-order valence-electron chi connectivity index (χ4n) is 4.09. The maximum atomic E-state index is 12.8. The van der Waals surface area contributed by atoms with Gasteiger partial charge in [0.1, 0.15) is 7.11 Å². The molecule has 0 radical (unpaired) electrons. The highest BCUT2D eigenvalue weighted by molar-refractivity contribution is 5.97. The predicted octanol–water partition coefficient (Wildman–Crippen LogP) is 4.50. The highest BCUT2D eigenvalue weighted by Gasteiger charge is 2.18. The Labute approximate surface area is 189 Å². The highest BCUT2D eigenvalue weighted by Crippen LogP contribution is 2.30. The second-order valence-electron chi connectivity index (χ2n) is 8.56. The maximum absolute atomic E-state index is 12.8. The molecule has 1 aliphatic carbocycles. The minimum Gasteiger partial charge on any atom is -0.397 e. The van der Waals surface area contributed by atoms with Crippen LogP contribution in [0.3, 0.4) is 0 Å². The van der Waals surface area contributed by atoms with Gasteiger partial charge in [-0.25, -0.2) is 0 Å². The van der Waals surface area contributed by atoms with E-state index in [-0.39, 0.29) is 5.91 Å². The van der Waals surface area contributed by atoms with Gasteiger partial charge in [0.2, 0.25) is 0 Å². The molecule has 0 heterocycles. The van der Waals surface area contributed by atoms with Crippen molar-refractivity contribution in [3.05, 3.63) is 105 Å². The molecule has 0 aromatic heterocycles. The van der Waals surface area contributed by atoms with Crippen LogP contribution in [0.25, 0.3) is 0 Å². The SMILES string of the molecule is CO/N=C(\N)c1ccc(CNC(=O)c2ccc3c(c2)Cc2cc(C(C)C)ccc2C3)cc1. The van der Waals surface area contributed by atoms with Gasteiger partial charge < -0.3 is 15.9 Å². The summed E-state index contributed by atoms with van der Waals surface area (Å²) in [6.45, 7) is 4.88. The molecule has 5 nitrogen and oxygen atoms in total. The third-order valence-electron chi connectivity index (χ3n) is 6.02. The molecule has 0 fully saturated rings. The van der Waals surface area contributed by atoms with E-state index in [4.69, 9.17) is 10.6 Å². The van der Waals surface area contributed by atoms with Gasteiger partial charge >= 0.3 is 0 Å². The minimum absolute atomic E-state index is 0.0703. The molecule has 1 amide bonds. The average molecular weight is 428 g/mol. The van der Waals surface area contributed by atoms with Gasteiger partial charge in [-0.2, -0.15) is 0 Å². The van der Waals surface area contributed by atoms with Crippen molar-refractivity contribution in [2.75, 3.05) is 7.11 Å². The Kier molecular flexibility index (Phi) is 6.26. The van der Waals surface area contributed by atoms with Crippen molar-refractivity contribution in [2.45, 2.75) is 39.2 Å². The molecule has 0 saturated carbocycles. The van der Waals surface area contributed by atoms with Crippen LogP contribution in [0.4, 0.5) is 0 Å². The van der Waals surface area contributed by atoms with E-state index in [1.807, 2.05) is 36.4 Å². The van der Waals surface area contributed by atoms with Gasteiger partial charge in [-0.1, -0.05) is 67.5 Å². The number of hydrogen-bond acceptors (Lipinski definition) is 3. The van der Waals surface area contributed by atoms with Crippen LogP contribution in [0.2, 0.25) is 0 Å². The molecular weight excluding hydrogens is 398 g/mol. The number of amides is 1. The van der Waals surface area contributed by atoms with Gasteiger partial charge in [0, 0.05) is 17.7 Å².